The number of benzene rings is 1. The number of aromatic nitrogens is 4. The monoisotopic (exact) mass is 358 g/mol. The third kappa shape index (κ3) is 2.79. The summed E-state index contributed by atoms with van der Waals surface area (Å²) >= 11 is 4.02. The van der Waals surface area contributed by atoms with E-state index in [2.05, 4.69) is 62.4 Å². The second-order valence-corrected chi connectivity index (χ2v) is 6.24. The maximum atomic E-state index is 4.07. The smallest absolute Gasteiger partial charge is 0.209 e. The summed E-state index contributed by atoms with van der Waals surface area (Å²) < 4.78 is 3.22. The summed E-state index contributed by atoms with van der Waals surface area (Å²) in [6.07, 6.45) is 2.42. The average Bonchev–Trinajstić information content (AvgIpc) is 3.08. The Morgan fingerprint density at radius 1 is 1.29 bits per heavy atom. The van der Waals surface area contributed by atoms with E-state index in [1.807, 2.05) is 4.68 Å². The van der Waals surface area contributed by atoms with E-state index in [1.54, 1.807) is 11.8 Å². The van der Waals surface area contributed by atoms with Crippen molar-refractivity contribution in [2.24, 2.45) is 0 Å². The van der Waals surface area contributed by atoms with Gasteiger partial charge in [-0.2, -0.15) is 0 Å². The third-order valence-corrected chi connectivity index (χ3v) is 4.36. The Balaban J connectivity index is 1.67. The Morgan fingerprint density at radius 3 is 2.76 bits per heavy atom. The van der Waals surface area contributed by atoms with Crippen LogP contribution in [0.1, 0.15) is 24.4 Å². The topological polar surface area (TPSA) is 43.6 Å². The first-order valence-electron chi connectivity index (χ1n) is 5.48. The lowest BCUT2D eigenvalue weighted by atomic mass is 10.2. The molecular weight excluding hydrogens is 347 g/mol. The second-order valence-electron chi connectivity index (χ2n) is 4.05. The molecule has 0 spiro atoms. The van der Waals surface area contributed by atoms with Crippen molar-refractivity contribution in [1.29, 1.82) is 0 Å². The number of nitrogens with zero attached hydrogens (tertiary/aromatic N) is 4. The molecule has 0 saturated heterocycles. The van der Waals surface area contributed by atoms with E-state index in [4.69, 9.17) is 0 Å². The molecule has 0 aliphatic heterocycles. The molecule has 1 aromatic heterocycles. The van der Waals surface area contributed by atoms with E-state index in [-0.39, 0.29) is 0 Å². The zero-order valence-electron chi connectivity index (χ0n) is 9.08. The molecule has 2 aromatic rings. The maximum Gasteiger partial charge on any atom is 0.209 e. The van der Waals surface area contributed by atoms with E-state index in [0.717, 1.165) is 10.9 Å². The predicted molar refractivity (Wildman–Crippen MR) is 74.8 cm³/mol. The van der Waals surface area contributed by atoms with Crippen molar-refractivity contribution < 1.29 is 0 Å². The van der Waals surface area contributed by atoms with Crippen LogP contribution in [0.15, 0.2) is 29.4 Å². The molecule has 0 N–H and O–H groups in total. The first-order chi connectivity index (χ1) is 8.33. The number of thioether (sulfide) groups is 1. The molecule has 0 unspecified atom stereocenters. The molecule has 1 saturated carbocycles. The standard InChI is InChI=1S/C11H11IN4S/c12-9-3-1-8(2-4-9)7-17-11-13-14-15-16(11)10-5-6-10/h1-4,10H,5-7H2. The predicted octanol–water partition coefficient (Wildman–Crippen LogP) is 2.90. The Labute approximate surface area is 117 Å². The highest BCUT2D eigenvalue weighted by Crippen LogP contribution is 2.36. The van der Waals surface area contributed by atoms with Crippen molar-refractivity contribution in [3.8, 4) is 0 Å². The summed E-state index contributed by atoms with van der Waals surface area (Å²) in [6, 6.07) is 9.10. The van der Waals surface area contributed by atoms with E-state index in [9.17, 15) is 0 Å². The molecule has 1 aliphatic carbocycles. The Bertz CT molecular complexity index is 506. The highest BCUT2D eigenvalue weighted by Gasteiger charge is 2.27. The van der Waals surface area contributed by atoms with Crippen LogP contribution in [0.25, 0.3) is 0 Å². The van der Waals surface area contributed by atoms with Gasteiger partial charge in [-0.1, -0.05) is 23.9 Å². The number of hydrogen-bond donors (Lipinski definition) is 0. The average molecular weight is 358 g/mol. The number of rotatable bonds is 4. The van der Waals surface area contributed by atoms with E-state index < -0.39 is 0 Å². The van der Waals surface area contributed by atoms with Crippen LogP contribution >= 0.6 is 34.4 Å². The fraction of sp³-hybridized carbons (Fsp3) is 0.364. The first-order valence-corrected chi connectivity index (χ1v) is 7.54. The van der Waals surface area contributed by atoms with Crippen molar-refractivity contribution in [3.05, 3.63) is 33.4 Å². The van der Waals surface area contributed by atoms with Gasteiger partial charge in [-0.15, -0.1) is 5.10 Å². The molecule has 3 rings (SSSR count). The maximum absolute atomic E-state index is 4.07. The van der Waals surface area contributed by atoms with Crippen LogP contribution in [-0.2, 0) is 5.75 Å². The number of halogens is 1. The van der Waals surface area contributed by atoms with Gasteiger partial charge in [0.2, 0.25) is 5.16 Å². The number of hydrogen-bond acceptors (Lipinski definition) is 4. The number of tetrazole rings is 1. The summed E-state index contributed by atoms with van der Waals surface area (Å²) in [5, 5.41) is 12.8. The van der Waals surface area contributed by atoms with Crippen molar-refractivity contribution in [2.75, 3.05) is 0 Å². The second kappa shape index (κ2) is 4.93. The zero-order chi connectivity index (χ0) is 11.7. The summed E-state index contributed by atoms with van der Waals surface area (Å²) in [5.41, 5.74) is 1.31. The Hall–Kier alpha value is -0.630. The van der Waals surface area contributed by atoms with Crippen LogP contribution < -0.4 is 0 Å². The SMILES string of the molecule is Ic1ccc(CSc2nnnn2C2CC2)cc1. The molecule has 1 aliphatic rings. The van der Waals surface area contributed by atoms with Crippen molar-refractivity contribution in [3.63, 3.8) is 0 Å². The normalized spacial score (nSPS) is 15.1. The van der Waals surface area contributed by atoms with Gasteiger partial charge in [0.05, 0.1) is 6.04 Å². The lowest BCUT2D eigenvalue weighted by molar-refractivity contribution is 0.565. The van der Waals surface area contributed by atoms with E-state index in [0.29, 0.717) is 6.04 Å². The molecule has 17 heavy (non-hydrogen) atoms. The molecule has 0 atom stereocenters. The van der Waals surface area contributed by atoms with E-state index in [1.165, 1.54) is 22.0 Å². The van der Waals surface area contributed by atoms with Crippen LogP contribution in [-0.4, -0.2) is 20.2 Å². The highest BCUT2D eigenvalue weighted by atomic mass is 127. The summed E-state index contributed by atoms with van der Waals surface area (Å²) in [7, 11) is 0. The van der Waals surface area contributed by atoms with Crippen LogP contribution in [0.5, 0.6) is 0 Å². The van der Waals surface area contributed by atoms with E-state index >= 15 is 0 Å². The van der Waals surface area contributed by atoms with Crippen LogP contribution in [0, 0.1) is 3.57 Å². The van der Waals surface area contributed by atoms with Crippen LogP contribution in [0.2, 0.25) is 0 Å². The fourth-order valence-electron chi connectivity index (χ4n) is 1.56. The van der Waals surface area contributed by atoms with Crippen molar-refractivity contribution in [2.45, 2.75) is 29.8 Å². The van der Waals surface area contributed by atoms with Crippen LogP contribution in [0.3, 0.4) is 0 Å². The van der Waals surface area contributed by atoms with Gasteiger partial charge in [0.25, 0.3) is 0 Å². The Morgan fingerprint density at radius 2 is 2.06 bits per heavy atom. The highest BCUT2D eigenvalue weighted by molar-refractivity contribution is 14.1. The minimum absolute atomic E-state index is 0.546. The zero-order valence-corrected chi connectivity index (χ0v) is 12.1. The molecular formula is C11H11IN4S. The fourth-order valence-corrected chi connectivity index (χ4v) is 2.82. The van der Waals surface area contributed by atoms with Gasteiger partial charge in [-0.3, -0.25) is 0 Å². The lowest BCUT2D eigenvalue weighted by Gasteiger charge is -2.02. The third-order valence-electron chi connectivity index (χ3n) is 2.64. The molecule has 0 radical (unpaired) electrons. The van der Waals surface area contributed by atoms with Gasteiger partial charge in [-0.05, 0) is 63.6 Å². The lowest BCUT2D eigenvalue weighted by Crippen LogP contribution is -1.98. The molecule has 6 heteroatoms. The van der Waals surface area contributed by atoms with Gasteiger partial charge in [0.1, 0.15) is 0 Å². The van der Waals surface area contributed by atoms with Crippen molar-refractivity contribution >= 4 is 34.4 Å². The molecule has 88 valence electrons. The van der Waals surface area contributed by atoms with Gasteiger partial charge in [-0.25, -0.2) is 4.68 Å². The van der Waals surface area contributed by atoms with Gasteiger partial charge in [0.15, 0.2) is 0 Å². The molecule has 0 amide bonds. The molecule has 0 bridgehead atoms. The van der Waals surface area contributed by atoms with Crippen molar-refractivity contribution in [1.82, 2.24) is 20.2 Å². The van der Waals surface area contributed by atoms with Gasteiger partial charge < -0.3 is 0 Å². The molecule has 1 heterocycles. The van der Waals surface area contributed by atoms with Gasteiger partial charge >= 0.3 is 0 Å². The largest absolute Gasteiger partial charge is 0.217 e. The van der Waals surface area contributed by atoms with Gasteiger partial charge in [0, 0.05) is 9.32 Å². The minimum Gasteiger partial charge on any atom is -0.217 e. The van der Waals surface area contributed by atoms with Crippen LogP contribution in [0.4, 0.5) is 0 Å². The quantitative estimate of drug-likeness (QED) is 0.623. The summed E-state index contributed by atoms with van der Waals surface area (Å²) in [4.78, 5) is 0. The Kier molecular flexibility index (Phi) is 3.32. The summed E-state index contributed by atoms with van der Waals surface area (Å²) in [6.45, 7) is 0. The molecule has 1 aromatic carbocycles. The molecule has 4 nitrogen and oxygen atoms in total. The summed E-state index contributed by atoms with van der Waals surface area (Å²) in [5.74, 6) is 0.921. The minimum atomic E-state index is 0.546. The first kappa shape index (κ1) is 11.5. The molecule has 1 fully saturated rings.